The summed E-state index contributed by atoms with van der Waals surface area (Å²) in [4.78, 5) is 16.7. The molecule has 2 atom stereocenters. The molecule has 3 nitrogen and oxygen atoms in total. The first kappa shape index (κ1) is 15.0. The van der Waals surface area contributed by atoms with Gasteiger partial charge >= 0.3 is 0 Å². The molecule has 1 aromatic rings. The van der Waals surface area contributed by atoms with Gasteiger partial charge in [0.25, 0.3) is 0 Å². The third kappa shape index (κ3) is 3.02. The van der Waals surface area contributed by atoms with Gasteiger partial charge in [-0.1, -0.05) is 20.8 Å². The van der Waals surface area contributed by atoms with E-state index in [4.69, 9.17) is 4.74 Å². The second-order valence-electron chi connectivity index (χ2n) is 6.47. The summed E-state index contributed by atoms with van der Waals surface area (Å²) in [6, 6.07) is 2.03. The summed E-state index contributed by atoms with van der Waals surface area (Å²) in [5.74, 6) is 1.81. The number of aromatic nitrogens is 1. The first-order valence-corrected chi connectivity index (χ1v) is 7.56. The summed E-state index contributed by atoms with van der Waals surface area (Å²) in [7, 11) is 0. The molecule has 1 aliphatic carbocycles. The van der Waals surface area contributed by atoms with Crippen molar-refractivity contribution >= 4 is 5.78 Å². The monoisotopic (exact) mass is 275 g/mol. The van der Waals surface area contributed by atoms with Crippen LogP contribution >= 0.6 is 0 Å². The first-order chi connectivity index (χ1) is 9.45. The van der Waals surface area contributed by atoms with Crippen LogP contribution in [0.3, 0.4) is 0 Å². The normalized spacial score (nSPS) is 23.7. The third-order valence-electron chi connectivity index (χ3n) is 4.53. The number of pyridine rings is 1. The lowest BCUT2D eigenvalue weighted by atomic mass is 9.65. The van der Waals surface area contributed by atoms with Gasteiger partial charge in [-0.05, 0) is 37.3 Å². The molecule has 0 aliphatic heterocycles. The topological polar surface area (TPSA) is 39.2 Å². The number of ether oxygens (including phenoxy) is 1. The minimum absolute atomic E-state index is 0.0948. The number of carbonyl (C=O) groups is 1. The van der Waals surface area contributed by atoms with Gasteiger partial charge in [0, 0.05) is 24.0 Å². The highest BCUT2D eigenvalue weighted by Crippen LogP contribution is 2.40. The van der Waals surface area contributed by atoms with E-state index < -0.39 is 0 Å². The van der Waals surface area contributed by atoms with Gasteiger partial charge in [0.2, 0.25) is 0 Å². The van der Waals surface area contributed by atoms with Crippen molar-refractivity contribution in [1.29, 1.82) is 0 Å². The Morgan fingerprint density at radius 3 is 2.75 bits per heavy atom. The summed E-state index contributed by atoms with van der Waals surface area (Å²) in [6.07, 6.45) is 6.43. The molecule has 1 aromatic heterocycles. The number of carbonyl (C=O) groups excluding carboxylic acids is 1. The second kappa shape index (κ2) is 5.94. The van der Waals surface area contributed by atoms with Gasteiger partial charge in [0.05, 0.1) is 12.8 Å². The Hall–Kier alpha value is -1.38. The SMILES string of the molecule is CCOc1cncc(C(C)(C)C2CCC(C)CC2=O)c1. The minimum Gasteiger partial charge on any atom is -0.492 e. The Kier molecular flexibility index (Phi) is 4.46. The molecule has 3 heteroatoms. The van der Waals surface area contributed by atoms with Gasteiger partial charge < -0.3 is 4.74 Å². The number of rotatable bonds is 4. The van der Waals surface area contributed by atoms with E-state index in [-0.39, 0.29) is 11.3 Å². The zero-order valence-corrected chi connectivity index (χ0v) is 13.0. The van der Waals surface area contributed by atoms with E-state index in [0.29, 0.717) is 24.7 Å². The average Bonchev–Trinajstić information content (AvgIpc) is 2.39. The standard InChI is InChI=1S/C17H25NO2/c1-5-20-14-9-13(10-18-11-14)17(3,4)15-7-6-12(2)8-16(15)19/h9-12,15H,5-8H2,1-4H3. The van der Waals surface area contributed by atoms with Crippen molar-refractivity contribution in [3.8, 4) is 5.75 Å². The van der Waals surface area contributed by atoms with Gasteiger partial charge in [-0.2, -0.15) is 0 Å². The molecule has 0 bridgehead atoms. The van der Waals surface area contributed by atoms with Gasteiger partial charge in [0.1, 0.15) is 11.5 Å². The summed E-state index contributed by atoms with van der Waals surface area (Å²) < 4.78 is 5.53. The summed E-state index contributed by atoms with van der Waals surface area (Å²) in [5, 5.41) is 0. The van der Waals surface area contributed by atoms with Crippen molar-refractivity contribution in [3.05, 3.63) is 24.0 Å². The van der Waals surface area contributed by atoms with Gasteiger partial charge in [0.15, 0.2) is 0 Å². The molecular formula is C17H25NO2. The van der Waals surface area contributed by atoms with Crippen molar-refractivity contribution in [2.24, 2.45) is 11.8 Å². The molecule has 0 saturated heterocycles. The van der Waals surface area contributed by atoms with Crippen molar-refractivity contribution in [2.45, 2.75) is 52.4 Å². The summed E-state index contributed by atoms with van der Waals surface area (Å²) in [5.41, 5.74) is 0.911. The van der Waals surface area contributed by atoms with Crippen molar-refractivity contribution in [2.75, 3.05) is 6.61 Å². The third-order valence-corrected chi connectivity index (χ3v) is 4.53. The van der Waals surface area contributed by atoms with Gasteiger partial charge in [-0.25, -0.2) is 0 Å². The largest absolute Gasteiger partial charge is 0.492 e. The van der Waals surface area contributed by atoms with Crippen LogP contribution in [0.5, 0.6) is 5.75 Å². The first-order valence-electron chi connectivity index (χ1n) is 7.56. The maximum atomic E-state index is 12.4. The maximum Gasteiger partial charge on any atom is 0.137 e. The lowest BCUT2D eigenvalue weighted by molar-refractivity contribution is -0.128. The Bertz CT molecular complexity index is 482. The van der Waals surface area contributed by atoms with Crippen molar-refractivity contribution in [3.63, 3.8) is 0 Å². The van der Waals surface area contributed by atoms with Crippen LogP contribution in [-0.4, -0.2) is 17.4 Å². The molecular weight excluding hydrogens is 250 g/mol. The highest BCUT2D eigenvalue weighted by molar-refractivity contribution is 5.83. The molecule has 0 N–H and O–H groups in total. The van der Waals surface area contributed by atoms with Crippen LogP contribution in [0.2, 0.25) is 0 Å². The van der Waals surface area contributed by atoms with Gasteiger partial charge in [-0.3, -0.25) is 9.78 Å². The summed E-state index contributed by atoms with van der Waals surface area (Å²) >= 11 is 0. The molecule has 0 aromatic carbocycles. The zero-order valence-electron chi connectivity index (χ0n) is 13.0. The number of ketones is 1. The Labute approximate surface area is 121 Å². The predicted octanol–water partition coefficient (Wildman–Crippen LogP) is 3.76. The Morgan fingerprint density at radius 2 is 2.10 bits per heavy atom. The molecule has 2 rings (SSSR count). The lowest BCUT2D eigenvalue weighted by Crippen LogP contribution is -2.38. The van der Waals surface area contributed by atoms with E-state index in [2.05, 4.69) is 25.8 Å². The van der Waals surface area contributed by atoms with Crippen LogP contribution in [0.1, 0.15) is 52.5 Å². The smallest absolute Gasteiger partial charge is 0.137 e. The molecule has 2 unspecified atom stereocenters. The van der Waals surface area contributed by atoms with Crippen LogP contribution in [0, 0.1) is 11.8 Å². The molecule has 1 aliphatic rings. The maximum absolute atomic E-state index is 12.4. The molecule has 0 spiro atoms. The van der Waals surface area contributed by atoms with Crippen LogP contribution in [-0.2, 0) is 10.2 Å². The van der Waals surface area contributed by atoms with E-state index in [1.165, 1.54) is 0 Å². The average molecular weight is 275 g/mol. The molecule has 110 valence electrons. The zero-order chi connectivity index (χ0) is 14.8. The fourth-order valence-corrected chi connectivity index (χ4v) is 3.18. The van der Waals surface area contributed by atoms with E-state index in [1.807, 2.05) is 19.2 Å². The van der Waals surface area contributed by atoms with E-state index in [1.54, 1.807) is 6.20 Å². The van der Waals surface area contributed by atoms with Crippen LogP contribution < -0.4 is 4.74 Å². The second-order valence-corrected chi connectivity index (χ2v) is 6.47. The van der Waals surface area contributed by atoms with Gasteiger partial charge in [-0.15, -0.1) is 0 Å². The molecule has 0 radical (unpaired) electrons. The predicted molar refractivity (Wildman–Crippen MR) is 79.9 cm³/mol. The van der Waals surface area contributed by atoms with Crippen LogP contribution in [0.15, 0.2) is 18.5 Å². The molecule has 20 heavy (non-hydrogen) atoms. The fourth-order valence-electron chi connectivity index (χ4n) is 3.18. The van der Waals surface area contributed by atoms with Crippen LogP contribution in [0.25, 0.3) is 0 Å². The number of hydrogen-bond donors (Lipinski definition) is 0. The van der Waals surface area contributed by atoms with E-state index in [0.717, 1.165) is 24.2 Å². The Morgan fingerprint density at radius 1 is 1.35 bits per heavy atom. The van der Waals surface area contributed by atoms with Crippen LogP contribution in [0.4, 0.5) is 0 Å². The van der Waals surface area contributed by atoms with Crippen molar-refractivity contribution in [1.82, 2.24) is 4.98 Å². The highest BCUT2D eigenvalue weighted by atomic mass is 16.5. The molecule has 0 amide bonds. The molecule has 1 fully saturated rings. The quantitative estimate of drug-likeness (QED) is 0.839. The Balaban J connectivity index is 2.25. The van der Waals surface area contributed by atoms with Crippen molar-refractivity contribution < 1.29 is 9.53 Å². The van der Waals surface area contributed by atoms with E-state index in [9.17, 15) is 4.79 Å². The van der Waals surface area contributed by atoms with E-state index >= 15 is 0 Å². The number of hydrogen-bond acceptors (Lipinski definition) is 3. The molecule has 1 heterocycles. The number of Topliss-reactive ketones (excluding diaryl/α,β-unsaturated/α-hetero) is 1. The minimum atomic E-state index is -0.183. The lowest BCUT2D eigenvalue weighted by Gasteiger charge is -2.37. The fraction of sp³-hybridized carbons (Fsp3) is 0.647. The summed E-state index contributed by atoms with van der Waals surface area (Å²) in [6.45, 7) is 9.06. The molecule has 1 saturated carbocycles. The number of nitrogens with zero attached hydrogens (tertiary/aromatic N) is 1. The highest BCUT2D eigenvalue weighted by Gasteiger charge is 2.39.